The van der Waals surface area contributed by atoms with Crippen molar-refractivity contribution in [3.63, 3.8) is 0 Å². The molecule has 1 unspecified atom stereocenters. The Morgan fingerprint density at radius 1 is 1.36 bits per heavy atom. The minimum Gasteiger partial charge on any atom is -0.342 e. The SMILES string of the molecule is Cc1nc(C)c(C(=O)NC(Cc2ccsc2)c2nccs2)s1. The van der Waals surface area contributed by atoms with Crippen LogP contribution in [0.3, 0.4) is 0 Å². The van der Waals surface area contributed by atoms with E-state index in [9.17, 15) is 4.79 Å². The molecule has 0 saturated carbocycles. The molecule has 0 bridgehead atoms. The van der Waals surface area contributed by atoms with Crippen LogP contribution in [0.2, 0.25) is 0 Å². The molecule has 4 nitrogen and oxygen atoms in total. The zero-order valence-corrected chi connectivity index (χ0v) is 14.6. The molecule has 0 aliphatic rings. The molecule has 3 heterocycles. The van der Waals surface area contributed by atoms with Crippen LogP contribution in [0.15, 0.2) is 28.4 Å². The van der Waals surface area contributed by atoms with Gasteiger partial charge in [0, 0.05) is 18.0 Å². The van der Waals surface area contributed by atoms with Gasteiger partial charge in [-0.15, -0.1) is 22.7 Å². The highest BCUT2D eigenvalue weighted by molar-refractivity contribution is 7.13. The highest BCUT2D eigenvalue weighted by atomic mass is 32.1. The summed E-state index contributed by atoms with van der Waals surface area (Å²) in [6.45, 7) is 3.79. The number of nitrogens with zero attached hydrogens (tertiary/aromatic N) is 2. The molecule has 3 rings (SSSR count). The second-order valence-corrected chi connectivity index (χ2v) is 7.79. The lowest BCUT2D eigenvalue weighted by Crippen LogP contribution is -2.29. The van der Waals surface area contributed by atoms with E-state index in [1.54, 1.807) is 28.9 Å². The summed E-state index contributed by atoms with van der Waals surface area (Å²) in [5, 5.41) is 11.0. The van der Waals surface area contributed by atoms with Crippen molar-refractivity contribution in [3.8, 4) is 0 Å². The average Bonchev–Trinajstić information content (AvgIpc) is 3.19. The number of amides is 1. The van der Waals surface area contributed by atoms with Crippen molar-refractivity contribution in [2.24, 2.45) is 0 Å². The second-order valence-electron chi connectivity index (χ2n) is 4.88. The van der Waals surface area contributed by atoms with E-state index in [1.165, 1.54) is 16.9 Å². The standard InChI is InChI=1S/C15H15N3OS3/c1-9-13(22-10(2)17-9)14(19)18-12(15-16-4-6-21-15)7-11-3-5-20-8-11/h3-6,8,12H,7H2,1-2H3,(H,18,19). The molecule has 0 saturated heterocycles. The molecule has 0 fully saturated rings. The number of carbonyl (C=O) groups excluding carboxylic acids is 1. The third-order valence-electron chi connectivity index (χ3n) is 3.18. The van der Waals surface area contributed by atoms with Gasteiger partial charge in [0.2, 0.25) is 0 Å². The summed E-state index contributed by atoms with van der Waals surface area (Å²) in [5.74, 6) is -0.0708. The zero-order chi connectivity index (χ0) is 15.5. The summed E-state index contributed by atoms with van der Waals surface area (Å²) < 4.78 is 0. The lowest BCUT2D eigenvalue weighted by Gasteiger charge is -2.15. The Bertz CT molecular complexity index is 747. The number of thiazole rings is 2. The minimum atomic E-state index is -0.107. The van der Waals surface area contributed by atoms with Gasteiger partial charge in [-0.2, -0.15) is 11.3 Å². The number of aromatic nitrogens is 2. The quantitative estimate of drug-likeness (QED) is 0.758. The van der Waals surface area contributed by atoms with Crippen molar-refractivity contribution < 1.29 is 4.79 Å². The molecule has 114 valence electrons. The summed E-state index contributed by atoms with van der Waals surface area (Å²) in [4.78, 5) is 21.9. The van der Waals surface area contributed by atoms with Crippen LogP contribution in [0.4, 0.5) is 0 Å². The predicted octanol–water partition coefficient (Wildman–Crippen LogP) is 3.99. The van der Waals surface area contributed by atoms with Gasteiger partial charge >= 0.3 is 0 Å². The molecule has 1 amide bonds. The number of nitrogens with one attached hydrogen (secondary N) is 1. The van der Waals surface area contributed by atoms with Crippen LogP contribution < -0.4 is 5.32 Å². The fourth-order valence-electron chi connectivity index (χ4n) is 2.22. The molecule has 22 heavy (non-hydrogen) atoms. The van der Waals surface area contributed by atoms with Crippen molar-refractivity contribution >= 4 is 39.9 Å². The molecule has 1 N–H and O–H groups in total. The highest BCUT2D eigenvalue weighted by Crippen LogP contribution is 2.24. The molecule has 0 aliphatic heterocycles. The largest absolute Gasteiger partial charge is 0.342 e. The van der Waals surface area contributed by atoms with Gasteiger partial charge in [0.1, 0.15) is 9.88 Å². The summed E-state index contributed by atoms with van der Waals surface area (Å²) >= 11 is 4.66. The van der Waals surface area contributed by atoms with Crippen molar-refractivity contribution in [2.45, 2.75) is 26.3 Å². The van der Waals surface area contributed by atoms with Crippen LogP contribution in [0.5, 0.6) is 0 Å². The van der Waals surface area contributed by atoms with Crippen molar-refractivity contribution in [2.75, 3.05) is 0 Å². The van der Waals surface area contributed by atoms with Gasteiger partial charge in [-0.25, -0.2) is 9.97 Å². The summed E-state index contributed by atoms with van der Waals surface area (Å²) in [7, 11) is 0. The number of hydrogen-bond acceptors (Lipinski definition) is 6. The Labute approximate surface area is 140 Å². The molecule has 3 aromatic rings. The van der Waals surface area contributed by atoms with E-state index in [2.05, 4.69) is 26.7 Å². The number of thiophene rings is 1. The van der Waals surface area contributed by atoms with Gasteiger partial charge in [-0.1, -0.05) is 0 Å². The van der Waals surface area contributed by atoms with Gasteiger partial charge in [0.15, 0.2) is 0 Å². The van der Waals surface area contributed by atoms with Crippen molar-refractivity contribution in [1.29, 1.82) is 0 Å². The van der Waals surface area contributed by atoms with Crippen molar-refractivity contribution in [1.82, 2.24) is 15.3 Å². The topological polar surface area (TPSA) is 54.9 Å². The first-order valence-electron chi connectivity index (χ1n) is 6.79. The first kappa shape index (κ1) is 15.3. The van der Waals surface area contributed by atoms with Crippen LogP contribution >= 0.6 is 34.0 Å². The number of carbonyl (C=O) groups is 1. The zero-order valence-electron chi connectivity index (χ0n) is 12.2. The fraction of sp³-hybridized carbons (Fsp3) is 0.267. The van der Waals surface area contributed by atoms with E-state index in [4.69, 9.17) is 0 Å². The van der Waals surface area contributed by atoms with E-state index >= 15 is 0 Å². The van der Waals surface area contributed by atoms with Gasteiger partial charge in [0.05, 0.1) is 16.7 Å². The summed E-state index contributed by atoms with van der Waals surface area (Å²) in [5.41, 5.74) is 2.00. The fourth-order valence-corrected chi connectivity index (χ4v) is 4.41. The van der Waals surface area contributed by atoms with Gasteiger partial charge in [-0.3, -0.25) is 4.79 Å². The van der Waals surface area contributed by atoms with E-state index < -0.39 is 0 Å². The summed E-state index contributed by atoms with van der Waals surface area (Å²) in [6.07, 6.45) is 2.52. The maximum absolute atomic E-state index is 12.6. The van der Waals surface area contributed by atoms with E-state index in [0.29, 0.717) is 4.88 Å². The van der Waals surface area contributed by atoms with Crippen LogP contribution in [0.1, 0.15) is 37.0 Å². The molecular weight excluding hydrogens is 334 g/mol. The van der Waals surface area contributed by atoms with Crippen molar-refractivity contribution in [3.05, 3.63) is 54.6 Å². The minimum absolute atomic E-state index is 0.0708. The highest BCUT2D eigenvalue weighted by Gasteiger charge is 2.21. The van der Waals surface area contributed by atoms with Gasteiger partial charge < -0.3 is 5.32 Å². The van der Waals surface area contributed by atoms with Gasteiger partial charge in [0.25, 0.3) is 5.91 Å². The molecule has 1 atom stereocenters. The molecule has 7 heteroatoms. The Kier molecular flexibility index (Phi) is 4.66. The van der Waals surface area contributed by atoms with Gasteiger partial charge in [-0.05, 0) is 36.2 Å². The number of hydrogen-bond donors (Lipinski definition) is 1. The Morgan fingerprint density at radius 2 is 2.23 bits per heavy atom. The number of aryl methyl sites for hydroxylation is 2. The maximum Gasteiger partial charge on any atom is 0.263 e. The molecule has 0 spiro atoms. The molecule has 0 aliphatic carbocycles. The normalized spacial score (nSPS) is 12.3. The number of rotatable bonds is 5. The van der Waals surface area contributed by atoms with Crippen LogP contribution in [-0.4, -0.2) is 15.9 Å². The molecule has 0 radical (unpaired) electrons. The van der Waals surface area contributed by atoms with E-state index in [-0.39, 0.29) is 11.9 Å². The first-order valence-corrected chi connectivity index (χ1v) is 9.42. The Morgan fingerprint density at radius 3 is 2.82 bits per heavy atom. The van der Waals surface area contributed by atoms with Crippen LogP contribution in [-0.2, 0) is 6.42 Å². The lowest BCUT2D eigenvalue weighted by atomic mass is 10.1. The van der Waals surface area contributed by atoms with E-state index in [1.807, 2.05) is 24.6 Å². The lowest BCUT2D eigenvalue weighted by molar-refractivity contribution is 0.0940. The first-order chi connectivity index (χ1) is 10.6. The third kappa shape index (κ3) is 3.43. The van der Waals surface area contributed by atoms with Crippen LogP contribution in [0, 0.1) is 13.8 Å². The monoisotopic (exact) mass is 349 g/mol. The third-order valence-corrected chi connectivity index (χ3v) is 5.88. The average molecular weight is 350 g/mol. The molecule has 3 aromatic heterocycles. The molecule has 0 aromatic carbocycles. The maximum atomic E-state index is 12.6. The van der Waals surface area contributed by atoms with E-state index in [0.717, 1.165) is 22.1 Å². The second kappa shape index (κ2) is 6.68. The predicted molar refractivity (Wildman–Crippen MR) is 91.9 cm³/mol. The molecular formula is C15H15N3OS3. The smallest absolute Gasteiger partial charge is 0.263 e. The Hall–Kier alpha value is -1.57. The van der Waals surface area contributed by atoms with Crippen LogP contribution in [0.25, 0.3) is 0 Å². The summed E-state index contributed by atoms with van der Waals surface area (Å²) in [6, 6.07) is 1.98. The Balaban J connectivity index is 1.80.